The molecule has 0 atom stereocenters. The van der Waals surface area contributed by atoms with Gasteiger partial charge in [-0.25, -0.2) is 8.42 Å². The van der Waals surface area contributed by atoms with Crippen LogP contribution in [0.2, 0.25) is 0 Å². The molecule has 8 nitrogen and oxygen atoms in total. The van der Waals surface area contributed by atoms with Crippen LogP contribution in [0, 0.1) is 0 Å². The Morgan fingerprint density at radius 1 is 0.929 bits per heavy atom. The number of rotatable bonds is 4. The van der Waals surface area contributed by atoms with Crippen molar-refractivity contribution in [2.24, 2.45) is 0 Å². The molecule has 1 aromatic rings. The lowest BCUT2D eigenvalue weighted by molar-refractivity contribution is -0.136. The number of carbonyl (C=O) groups excluding carboxylic acids is 2. The first-order valence-electron chi connectivity index (χ1n) is 9.76. The Morgan fingerprint density at radius 2 is 1.54 bits per heavy atom. The predicted molar refractivity (Wildman–Crippen MR) is 104 cm³/mol. The van der Waals surface area contributed by atoms with Crippen molar-refractivity contribution in [3.8, 4) is 0 Å². The van der Waals surface area contributed by atoms with Crippen LogP contribution in [-0.4, -0.2) is 56.9 Å². The Labute approximate surface area is 165 Å². The highest BCUT2D eigenvalue weighted by molar-refractivity contribution is 7.89. The Hall–Kier alpha value is -1.97. The zero-order valence-corrected chi connectivity index (χ0v) is 16.7. The zero-order chi connectivity index (χ0) is 20.0. The van der Waals surface area contributed by atoms with Crippen molar-refractivity contribution in [3.63, 3.8) is 0 Å². The van der Waals surface area contributed by atoms with E-state index in [0.29, 0.717) is 32.0 Å². The molecule has 1 aliphatic carbocycles. The topological polar surface area (TPSA) is 105 Å². The van der Waals surface area contributed by atoms with Crippen molar-refractivity contribution < 1.29 is 22.7 Å². The van der Waals surface area contributed by atoms with Crippen LogP contribution in [0.4, 0.5) is 5.69 Å². The van der Waals surface area contributed by atoms with Gasteiger partial charge in [-0.2, -0.15) is 4.31 Å². The van der Waals surface area contributed by atoms with Gasteiger partial charge in [-0.05, 0) is 37.1 Å². The van der Waals surface area contributed by atoms with Crippen molar-refractivity contribution >= 4 is 27.5 Å². The molecule has 0 bridgehead atoms. The SMILES string of the molecule is O=C(Nc1ccc(S(=O)(=O)N2CCOCC2)cc1)C(=O)NC1CCCCCC1. The smallest absolute Gasteiger partial charge is 0.313 e. The fourth-order valence-electron chi connectivity index (χ4n) is 3.51. The van der Waals surface area contributed by atoms with E-state index in [0.717, 1.165) is 38.5 Å². The molecule has 0 aromatic heterocycles. The summed E-state index contributed by atoms with van der Waals surface area (Å²) in [7, 11) is -3.58. The summed E-state index contributed by atoms with van der Waals surface area (Å²) in [6.45, 7) is 1.40. The lowest BCUT2D eigenvalue weighted by Crippen LogP contribution is -2.41. The number of sulfonamides is 1. The standard InChI is InChI=1S/C19H27N3O5S/c23-18(20-15-5-3-1-2-4-6-15)19(24)21-16-7-9-17(10-8-16)28(25,26)22-11-13-27-14-12-22/h7-10,15H,1-6,11-14H2,(H,20,23)(H,21,24). The molecule has 154 valence electrons. The summed E-state index contributed by atoms with van der Waals surface area (Å²) in [4.78, 5) is 24.4. The third-order valence-corrected chi connectivity index (χ3v) is 7.03. The second-order valence-corrected chi connectivity index (χ2v) is 9.09. The van der Waals surface area contributed by atoms with Gasteiger partial charge in [0.1, 0.15) is 0 Å². The van der Waals surface area contributed by atoms with E-state index in [-0.39, 0.29) is 10.9 Å². The van der Waals surface area contributed by atoms with Crippen molar-refractivity contribution in [1.82, 2.24) is 9.62 Å². The minimum Gasteiger partial charge on any atom is -0.379 e. The highest BCUT2D eigenvalue weighted by Gasteiger charge is 2.26. The summed E-state index contributed by atoms with van der Waals surface area (Å²) >= 11 is 0. The van der Waals surface area contributed by atoms with Gasteiger partial charge in [-0.15, -0.1) is 0 Å². The van der Waals surface area contributed by atoms with E-state index in [1.807, 2.05) is 0 Å². The minimum atomic E-state index is -3.58. The van der Waals surface area contributed by atoms with Crippen molar-refractivity contribution in [2.45, 2.75) is 49.5 Å². The number of hydrogen-bond donors (Lipinski definition) is 2. The molecule has 2 fully saturated rings. The number of nitrogens with zero attached hydrogens (tertiary/aromatic N) is 1. The highest BCUT2D eigenvalue weighted by atomic mass is 32.2. The minimum absolute atomic E-state index is 0.0433. The lowest BCUT2D eigenvalue weighted by Gasteiger charge is -2.26. The van der Waals surface area contributed by atoms with Gasteiger partial charge < -0.3 is 15.4 Å². The average Bonchev–Trinajstić information content (AvgIpc) is 2.97. The van der Waals surface area contributed by atoms with E-state index < -0.39 is 21.8 Å². The molecule has 0 radical (unpaired) electrons. The molecule has 1 saturated heterocycles. The second-order valence-electron chi connectivity index (χ2n) is 7.16. The van der Waals surface area contributed by atoms with Crippen LogP contribution >= 0.6 is 0 Å². The van der Waals surface area contributed by atoms with Crippen LogP contribution < -0.4 is 10.6 Å². The van der Waals surface area contributed by atoms with E-state index >= 15 is 0 Å². The molecule has 3 rings (SSSR count). The molecular weight excluding hydrogens is 382 g/mol. The number of anilines is 1. The summed E-state index contributed by atoms with van der Waals surface area (Å²) in [5.74, 6) is -1.40. The molecule has 2 N–H and O–H groups in total. The largest absolute Gasteiger partial charge is 0.379 e. The maximum Gasteiger partial charge on any atom is 0.313 e. The van der Waals surface area contributed by atoms with Gasteiger partial charge in [0.2, 0.25) is 10.0 Å². The predicted octanol–water partition coefficient (Wildman–Crippen LogP) is 1.48. The molecule has 2 aliphatic rings. The summed E-state index contributed by atoms with van der Waals surface area (Å²) in [5.41, 5.74) is 0.377. The third kappa shape index (κ3) is 5.30. The van der Waals surface area contributed by atoms with Crippen LogP contribution in [0.5, 0.6) is 0 Å². The molecule has 0 spiro atoms. The zero-order valence-electron chi connectivity index (χ0n) is 15.9. The van der Waals surface area contributed by atoms with Crippen LogP contribution in [0.1, 0.15) is 38.5 Å². The van der Waals surface area contributed by atoms with Crippen LogP contribution in [0.15, 0.2) is 29.2 Å². The number of amides is 2. The number of carbonyl (C=O) groups is 2. The van der Waals surface area contributed by atoms with Crippen molar-refractivity contribution in [2.75, 3.05) is 31.6 Å². The third-order valence-electron chi connectivity index (χ3n) is 5.12. The quantitative estimate of drug-likeness (QED) is 0.579. The summed E-state index contributed by atoms with van der Waals surface area (Å²) in [5, 5.41) is 5.32. The summed E-state index contributed by atoms with van der Waals surface area (Å²) < 4.78 is 31.8. The maximum atomic E-state index is 12.6. The van der Waals surface area contributed by atoms with Crippen LogP contribution in [0.3, 0.4) is 0 Å². The molecular formula is C19H27N3O5S. The van der Waals surface area contributed by atoms with Gasteiger partial charge >= 0.3 is 11.8 Å². The second kappa shape index (κ2) is 9.49. The Balaban J connectivity index is 1.57. The normalized spacial score (nSPS) is 19.6. The van der Waals surface area contributed by atoms with E-state index in [9.17, 15) is 18.0 Å². The summed E-state index contributed by atoms with van der Waals surface area (Å²) in [6.07, 6.45) is 6.24. The van der Waals surface area contributed by atoms with Crippen LogP contribution in [0.25, 0.3) is 0 Å². The van der Waals surface area contributed by atoms with Gasteiger partial charge in [-0.3, -0.25) is 9.59 Å². The Morgan fingerprint density at radius 3 is 2.14 bits per heavy atom. The van der Waals surface area contributed by atoms with E-state index in [2.05, 4.69) is 10.6 Å². The van der Waals surface area contributed by atoms with Gasteiger partial charge in [0.15, 0.2) is 0 Å². The molecule has 1 saturated carbocycles. The maximum absolute atomic E-state index is 12.6. The van der Waals surface area contributed by atoms with E-state index in [1.54, 1.807) is 0 Å². The Bertz CT molecular complexity index is 780. The highest BCUT2D eigenvalue weighted by Crippen LogP contribution is 2.20. The molecule has 1 aliphatic heterocycles. The first-order chi connectivity index (χ1) is 13.5. The molecule has 28 heavy (non-hydrogen) atoms. The van der Waals surface area contributed by atoms with Gasteiger partial charge in [-0.1, -0.05) is 25.7 Å². The van der Waals surface area contributed by atoms with Gasteiger partial charge in [0, 0.05) is 24.8 Å². The Kier molecular flexibility index (Phi) is 7.03. The van der Waals surface area contributed by atoms with Crippen LogP contribution in [-0.2, 0) is 24.3 Å². The van der Waals surface area contributed by atoms with Gasteiger partial charge in [0.25, 0.3) is 0 Å². The van der Waals surface area contributed by atoms with Crippen molar-refractivity contribution in [3.05, 3.63) is 24.3 Å². The molecule has 1 heterocycles. The number of benzene rings is 1. The molecule has 9 heteroatoms. The molecule has 2 amide bonds. The first kappa shape index (κ1) is 20.8. The van der Waals surface area contributed by atoms with Crippen molar-refractivity contribution in [1.29, 1.82) is 0 Å². The molecule has 1 aromatic carbocycles. The fraction of sp³-hybridized carbons (Fsp3) is 0.579. The number of hydrogen-bond acceptors (Lipinski definition) is 5. The lowest BCUT2D eigenvalue weighted by atomic mass is 10.1. The molecule has 0 unspecified atom stereocenters. The van der Waals surface area contributed by atoms with E-state index in [1.165, 1.54) is 28.6 Å². The number of morpholine rings is 1. The first-order valence-corrected chi connectivity index (χ1v) is 11.2. The fourth-order valence-corrected chi connectivity index (χ4v) is 4.92. The van der Waals surface area contributed by atoms with Gasteiger partial charge in [0.05, 0.1) is 18.1 Å². The number of ether oxygens (including phenoxy) is 1. The summed E-state index contributed by atoms with van der Waals surface area (Å²) in [6, 6.07) is 5.89. The average molecular weight is 410 g/mol. The van der Waals surface area contributed by atoms with E-state index in [4.69, 9.17) is 4.74 Å². The number of nitrogens with one attached hydrogen (secondary N) is 2. The monoisotopic (exact) mass is 409 g/mol.